The lowest BCUT2D eigenvalue weighted by molar-refractivity contribution is 0.178. The van der Waals surface area contributed by atoms with Gasteiger partial charge in [-0.05, 0) is 24.1 Å². The van der Waals surface area contributed by atoms with Gasteiger partial charge in [0.2, 0.25) is 0 Å². The fraction of sp³-hybridized carbons (Fsp3) is 0.417. The van der Waals surface area contributed by atoms with E-state index in [0.29, 0.717) is 12.0 Å². The summed E-state index contributed by atoms with van der Waals surface area (Å²) in [5.41, 5.74) is 2.20. The molecule has 2 atom stereocenters. The average Bonchev–Trinajstić information content (AvgIpc) is 2.92. The highest BCUT2D eigenvalue weighted by molar-refractivity contribution is 6.32. The second-order valence-electron chi connectivity index (χ2n) is 4.31. The van der Waals surface area contributed by atoms with Gasteiger partial charge in [-0.25, -0.2) is 0 Å². The smallest absolute Gasteiger partial charge is 0.0927 e. The summed E-state index contributed by atoms with van der Waals surface area (Å²) in [4.78, 5) is 0. The van der Waals surface area contributed by atoms with Crippen LogP contribution < -0.4 is 0 Å². The van der Waals surface area contributed by atoms with Gasteiger partial charge in [0.25, 0.3) is 0 Å². The Morgan fingerprint density at radius 3 is 3.00 bits per heavy atom. The first-order valence-electron chi connectivity index (χ1n) is 5.35. The van der Waals surface area contributed by atoms with Crippen molar-refractivity contribution in [2.75, 3.05) is 7.11 Å². The Labute approximate surface area is 99.0 Å². The molecule has 1 aromatic carbocycles. The Balaban J connectivity index is 2.17. The molecule has 0 amide bonds. The van der Waals surface area contributed by atoms with Crippen LogP contribution in [-0.4, -0.2) is 23.0 Å². The lowest BCUT2D eigenvalue weighted by Crippen LogP contribution is -1.92. The van der Waals surface area contributed by atoms with E-state index in [1.165, 1.54) is 5.56 Å². The molecule has 2 aromatic rings. The zero-order valence-corrected chi connectivity index (χ0v) is 10.0. The molecule has 84 valence electrons. The Hall–Kier alpha value is -1.06. The van der Waals surface area contributed by atoms with Crippen molar-refractivity contribution in [2.24, 2.45) is 7.05 Å². The van der Waals surface area contributed by atoms with Crippen molar-refractivity contribution in [2.45, 2.75) is 18.4 Å². The number of ether oxygens (including phenoxy) is 1. The van der Waals surface area contributed by atoms with Gasteiger partial charge in [0.05, 0.1) is 11.6 Å². The summed E-state index contributed by atoms with van der Waals surface area (Å²) in [5, 5.41) is 6.37. The molecule has 0 spiro atoms. The first-order valence-corrected chi connectivity index (χ1v) is 5.73. The molecule has 1 aromatic heterocycles. The summed E-state index contributed by atoms with van der Waals surface area (Å²) < 4.78 is 7.18. The minimum absolute atomic E-state index is 0.323. The van der Waals surface area contributed by atoms with Crippen molar-refractivity contribution in [3.8, 4) is 0 Å². The number of methoxy groups -OCH3 is 1. The third kappa shape index (κ3) is 1.43. The maximum Gasteiger partial charge on any atom is 0.0927 e. The van der Waals surface area contributed by atoms with Crippen molar-refractivity contribution in [1.29, 1.82) is 0 Å². The van der Waals surface area contributed by atoms with Gasteiger partial charge in [-0.1, -0.05) is 11.6 Å². The number of fused-ring (bicyclic) bond motifs is 1. The van der Waals surface area contributed by atoms with Crippen LogP contribution >= 0.6 is 11.6 Å². The Morgan fingerprint density at radius 1 is 1.50 bits per heavy atom. The highest BCUT2D eigenvalue weighted by atomic mass is 35.5. The summed E-state index contributed by atoms with van der Waals surface area (Å²) in [5.74, 6) is 0.436. The molecule has 3 rings (SSSR count). The van der Waals surface area contributed by atoms with Crippen LogP contribution in [0.15, 0.2) is 18.3 Å². The van der Waals surface area contributed by atoms with Crippen LogP contribution in [-0.2, 0) is 11.8 Å². The SMILES string of the molecule is COC1CC1c1c(Cl)ccc2nn(C)cc12. The van der Waals surface area contributed by atoms with Gasteiger partial charge >= 0.3 is 0 Å². The fourth-order valence-corrected chi connectivity index (χ4v) is 2.62. The molecule has 3 nitrogen and oxygen atoms in total. The molecule has 4 heteroatoms. The average molecular weight is 237 g/mol. The van der Waals surface area contributed by atoms with Crippen LogP contribution in [0.5, 0.6) is 0 Å². The zero-order chi connectivity index (χ0) is 11.3. The van der Waals surface area contributed by atoms with E-state index in [1.807, 2.05) is 30.1 Å². The predicted octanol–water partition coefficient (Wildman–Crippen LogP) is 2.73. The minimum atomic E-state index is 0.323. The van der Waals surface area contributed by atoms with E-state index >= 15 is 0 Å². The summed E-state index contributed by atoms with van der Waals surface area (Å²) in [6.07, 6.45) is 3.41. The second kappa shape index (κ2) is 3.47. The van der Waals surface area contributed by atoms with Crippen LogP contribution in [0.3, 0.4) is 0 Å². The normalized spacial score (nSPS) is 23.9. The molecular formula is C12H13ClN2O. The Morgan fingerprint density at radius 2 is 2.31 bits per heavy atom. The van der Waals surface area contributed by atoms with E-state index in [2.05, 4.69) is 5.10 Å². The van der Waals surface area contributed by atoms with Gasteiger partial charge in [-0.15, -0.1) is 0 Å². The first-order chi connectivity index (χ1) is 7.70. The van der Waals surface area contributed by atoms with Gasteiger partial charge in [-0.2, -0.15) is 5.10 Å². The molecule has 0 saturated heterocycles. The topological polar surface area (TPSA) is 27.1 Å². The molecule has 1 aliphatic carbocycles. The second-order valence-corrected chi connectivity index (χ2v) is 4.72. The molecule has 0 radical (unpaired) electrons. The van der Waals surface area contributed by atoms with E-state index in [9.17, 15) is 0 Å². The predicted molar refractivity (Wildman–Crippen MR) is 63.9 cm³/mol. The number of aryl methyl sites for hydroxylation is 1. The van der Waals surface area contributed by atoms with E-state index in [0.717, 1.165) is 22.3 Å². The van der Waals surface area contributed by atoms with E-state index < -0.39 is 0 Å². The summed E-state index contributed by atoms with van der Waals surface area (Å²) in [6, 6.07) is 3.89. The molecule has 0 bridgehead atoms. The number of hydrogen-bond donors (Lipinski definition) is 0. The lowest BCUT2D eigenvalue weighted by atomic mass is 10.1. The monoisotopic (exact) mass is 236 g/mol. The van der Waals surface area contributed by atoms with Gasteiger partial charge in [0, 0.05) is 36.7 Å². The van der Waals surface area contributed by atoms with Gasteiger partial charge in [-0.3, -0.25) is 4.68 Å². The molecule has 0 N–H and O–H groups in total. The fourth-order valence-electron chi connectivity index (χ4n) is 2.32. The third-order valence-corrected chi connectivity index (χ3v) is 3.53. The Bertz CT molecular complexity index is 549. The Kier molecular flexibility index (Phi) is 2.19. The van der Waals surface area contributed by atoms with Crippen LogP contribution in [0.25, 0.3) is 10.9 Å². The molecular weight excluding hydrogens is 224 g/mol. The maximum atomic E-state index is 6.28. The molecule has 16 heavy (non-hydrogen) atoms. The van der Waals surface area contributed by atoms with Gasteiger partial charge < -0.3 is 4.74 Å². The third-order valence-electron chi connectivity index (χ3n) is 3.20. The summed E-state index contributed by atoms with van der Waals surface area (Å²) in [6.45, 7) is 0. The van der Waals surface area contributed by atoms with Crippen LogP contribution in [0.1, 0.15) is 17.9 Å². The molecule has 1 saturated carbocycles. The van der Waals surface area contributed by atoms with Crippen molar-refractivity contribution in [3.05, 3.63) is 28.9 Å². The first kappa shape index (κ1) is 10.1. The highest BCUT2D eigenvalue weighted by Gasteiger charge is 2.41. The van der Waals surface area contributed by atoms with Crippen molar-refractivity contribution < 1.29 is 4.74 Å². The maximum absolute atomic E-state index is 6.28. The number of hydrogen-bond acceptors (Lipinski definition) is 2. The summed E-state index contributed by atoms with van der Waals surface area (Å²) >= 11 is 6.28. The molecule has 1 heterocycles. The molecule has 2 unspecified atom stereocenters. The van der Waals surface area contributed by atoms with Crippen LogP contribution in [0.4, 0.5) is 0 Å². The minimum Gasteiger partial charge on any atom is -0.381 e. The molecule has 0 aliphatic heterocycles. The van der Waals surface area contributed by atoms with Crippen molar-refractivity contribution >= 4 is 22.5 Å². The van der Waals surface area contributed by atoms with Crippen molar-refractivity contribution in [3.63, 3.8) is 0 Å². The van der Waals surface area contributed by atoms with E-state index in [1.54, 1.807) is 7.11 Å². The largest absolute Gasteiger partial charge is 0.381 e. The highest BCUT2D eigenvalue weighted by Crippen LogP contribution is 2.48. The molecule has 1 aliphatic rings. The molecule has 1 fully saturated rings. The number of aromatic nitrogens is 2. The number of halogens is 1. The number of benzene rings is 1. The lowest BCUT2D eigenvalue weighted by Gasteiger charge is -2.04. The number of rotatable bonds is 2. The van der Waals surface area contributed by atoms with Crippen LogP contribution in [0.2, 0.25) is 5.02 Å². The quantitative estimate of drug-likeness (QED) is 0.802. The van der Waals surface area contributed by atoms with Gasteiger partial charge in [0.15, 0.2) is 0 Å². The van der Waals surface area contributed by atoms with E-state index in [-0.39, 0.29) is 0 Å². The number of nitrogens with zero attached hydrogens (tertiary/aromatic N) is 2. The van der Waals surface area contributed by atoms with Gasteiger partial charge in [0.1, 0.15) is 0 Å². The van der Waals surface area contributed by atoms with Crippen molar-refractivity contribution in [1.82, 2.24) is 9.78 Å². The summed E-state index contributed by atoms with van der Waals surface area (Å²) in [7, 11) is 3.68. The van der Waals surface area contributed by atoms with E-state index in [4.69, 9.17) is 16.3 Å². The standard InChI is InChI=1S/C12H13ClN2O/c1-15-6-8-10(14-15)4-3-9(13)12(8)7-5-11(7)16-2/h3-4,6-7,11H,5H2,1-2H3. The zero-order valence-electron chi connectivity index (χ0n) is 9.27. The van der Waals surface area contributed by atoms with Crippen LogP contribution in [0, 0.1) is 0 Å².